The summed E-state index contributed by atoms with van der Waals surface area (Å²) in [5.74, 6) is -1.51. The minimum Gasteiger partial charge on any atom is -0.493 e. The Morgan fingerprint density at radius 2 is 1.83 bits per heavy atom. The normalized spacial score (nSPS) is 12.3. The second kappa shape index (κ2) is 6.60. The Kier molecular flexibility index (Phi) is 5.46. The van der Waals surface area contributed by atoms with Crippen molar-refractivity contribution in [3.05, 3.63) is 33.5 Å². The van der Waals surface area contributed by atoms with Gasteiger partial charge in [-0.05, 0) is 6.42 Å². The molecule has 0 fully saturated rings. The SMILES string of the molecule is C=CCn1c(=O)c(S(=O)(=O)C(F)(F)F)c(O)n(CCCC)c1=O. The number of aromatic nitrogens is 2. The van der Waals surface area contributed by atoms with E-state index in [1.807, 2.05) is 0 Å². The third kappa shape index (κ3) is 3.33. The van der Waals surface area contributed by atoms with Crippen LogP contribution >= 0.6 is 0 Å². The summed E-state index contributed by atoms with van der Waals surface area (Å²) in [6.45, 7) is 4.24. The van der Waals surface area contributed by atoms with Crippen LogP contribution in [0.25, 0.3) is 0 Å². The highest BCUT2D eigenvalue weighted by Crippen LogP contribution is 2.32. The summed E-state index contributed by atoms with van der Waals surface area (Å²) in [6, 6.07) is 0. The average Bonchev–Trinajstić information content (AvgIpc) is 2.42. The van der Waals surface area contributed by atoms with E-state index in [0.29, 0.717) is 11.0 Å². The molecule has 1 N–H and O–H groups in total. The zero-order valence-corrected chi connectivity index (χ0v) is 12.9. The van der Waals surface area contributed by atoms with E-state index in [-0.39, 0.29) is 17.5 Å². The molecule has 0 amide bonds. The second-order valence-electron chi connectivity index (χ2n) is 4.59. The molecule has 7 nitrogen and oxygen atoms in total. The lowest BCUT2D eigenvalue weighted by molar-refractivity contribution is -0.0438. The molecule has 0 spiro atoms. The summed E-state index contributed by atoms with van der Waals surface area (Å²) in [7, 11) is -6.12. The third-order valence-electron chi connectivity index (χ3n) is 2.98. The molecule has 0 saturated heterocycles. The summed E-state index contributed by atoms with van der Waals surface area (Å²) in [6.07, 6.45) is 1.85. The summed E-state index contributed by atoms with van der Waals surface area (Å²) < 4.78 is 62.0. The fourth-order valence-electron chi connectivity index (χ4n) is 1.82. The van der Waals surface area contributed by atoms with Gasteiger partial charge in [-0.2, -0.15) is 13.2 Å². The molecular weight excluding hydrogens is 341 g/mol. The van der Waals surface area contributed by atoms with Crippen LogP contribution in [0.2, 0.25) is 0 Å². The van der Waals surface area contributed by atoms with E-state index in [1.54, 1.807) is 6.92 Å². The third-order valence-corrected chi connectivity index (χ3v) is 4.48. The maximum Gasteiger partial charge on any atom is 0.502 e. The van der Waals surface area contributed by atoms with Gasteiger partial charge in [0.1, 0.15) is 0 Å². The Bertz CT molecular complexity index is 821. The fraction of sp³-hybridized carbons (Fsp3) is 0.500. The highest BCUT2D eigenvalue weighted by molar-refractivity contribution is 7.92. The number of rotatable bonds is 6. The van der Waals surface area contributed by atoms with Crippen molar-refractivity contribution in [2.75, 3.05) is 0 Å². The van der Waals surface area contributed by atoms with Crippen molar-refractivity contribution < 1.29 is 26.7 Å². The van der Waals surface area contributed by atoms with Crippen LogP contribution in [0.5, 0.6) is 5.88 Å². The van der Waals surface area contributed by atoms with Crippen molar-refractivity contribution in [2.45, 2.75) is 43.3 Å². The first-order valence-corrected chi connectivity index (χ1v) is 7.97. The van der Waals surface area contributed by atoms with Gasteiger partial charge in [-0.25, -0.2) is 13.2 Å². The molecular formula is C12H15F3N2O5S. The highest BCUT2D eigenvalue weighted by Gasteiger charge is 2.51. The van der Waals surface area contributed by atoms with Gasteiger partial charge in [-0.1, -0.05) is 19.4 Å². The van der Waals surface area contributed by atoms with Crippen molar-refractivity contribution >= 4 is 9.84 Å². The number of nitrogens with zero attached hydrogens (tertiary/aromatic N) is 2. The molecule has 0 unspecified atom stereocenters. The number of allylic oxidation sites excluding steroid dienone is 1. The lowest BCUT2D eigenvalue weighted by atomic mass is 10.3. The number of hydrogen-bond donors (Lipinski definition) is 1. The molecule has 130 valence electrons. The molecule has 1 heterocycles. The molecule has 0 bridgehead atoms. The number of unbranched alkanes of at least 4 members (excludes halogenated alkanes) is 1. The van der Waals surface area contributed by atoms with Crippen LogP contribution in [0.1, 0.15) is 19.8 Å². The molecule has 23 heavy (non-hydrogen) atoms. The first-order chi connectivity index (χ1) is 10.5. The summed E-state index contributed by atoms with van der Waals surface area (Å²) in [5, 5.41) is 9.81. The van der Waals surface area contributed by atoms with Gasteiger partial charge >= 0.3 is 11.2 Å². The van der Waals surface area contributed by atoms with E-state index in [1.165, 1.54) is 0 Å². The molecule has 0 aromatic carbocycles. The Morgan fingerprint density at radius 1 is 1.26 bits per heavy atom. The number of halogens is 3. The van der Waals surface area contributed by atoms with E-state index in [4.69, 9.17) is 0 Å². The van der Waals surface area contributed by atoms with Gasteiger partial charge in [-0.3, -0.25) is 13.9 Å². The van der Waals surface area contributed by atoms with E-state index in [2.05, 4.69) is 6.58 Å². The molecule has 0 aliphatic carbocycles. The first kappa shape index (κ1) is 19.0. The van der Waals surface area contributed by atoms with E-state index < -0.39 is 43.9 Å². The maximum atomic E-state index is 12.7. The van der Waals surface area contributed by atoms with E-state index in [9.17, 15) is 36.3 Å². The standard InChI is InChI=1S/C12H15F3N2O5S/c1-3-5-7-17-10(19)8(23(21,22)12(13,14)15)9(18)16(6-4-2)11(17)20/h4,19H,2-3,5-7H2,1H3. The summed E-state index contributed by atoms with van der Waals surface area (Å²) in [4.78, 5) is 22.2. The molecule has 0 aliphatic heterocycles. The van der Waals surface area contributed by atoms with Gasteiger partial charge in [0, 0.05) is 13.1 Å². The van der Waals surface area contributed by atoms with E-state index >= 15 is 0 Å². The quantitative estimate of drug-likeness (QED) is 0.767. The number of aromatic hydroxyl groups is 1. The second-order valence-corrected chi connectivity index (χ2v) is 6.47. The molecule has 11 heteroatoms. The van der Waals surface area contributed by atoms with Gasteiger partial charge in [0.25, 0.3) is 15.4 Å². The zero-order chi connectivity index (χ0) is 18.0. The Hall–Kier alpha value is -2.04. The van der Waals surface area contributed by atoms with Crippen LogP contribution in [-0.4, -0.2) is 28.2 Å². The predicted molar refractivity (Wildman–Crippen MR) is 75.0 cm³/mol. The van der Waals surface area contributed by atoms with Crippen molar-refractivity contribution in [3.63, 3.8) is 0 Å². The molecule has 1 aromatic rings. The largest absolute Gasteiger partial charge is 0.502 e. The van der Waals surface area contributed by atoms with Crippen molar-refractivity contribution in [1.82, 2.24) is 9.13 Å². The summed E-state index contributed by atoms with van der Waals surface area (Å²) >= 11 is 0. The predicted octanol–water partition coefficient (Wildman–Crippen LogP) is 0.995. The van der Waals surface area contributed by atoms with Gasteiger partial charge in [0.15, 0.2) is 0 Å². The topological polar surface area (TPSA) is 98.4 Å². The van der Waals surface area contributed by atoms with Crippen LogP contribution in [0.4, 0.5) is 13.2 Å². The zero-order valence-electron chi connectivity index (χ0n) is 12.1. The number of hydrogen-bond acceptors (Lipinski definition) is 5. The minimum absolute atomic E-state index is 0.237. The molecule has 0 aliphatic rings. The molecule has 0 saturated carbocycles. The lowest BCUT2D eigenvalue weighted by Crippen LogP contribution is -2.43. The Balaban J connectivity index is 3.91. The van der Waals surface area contributed by atoms with Gasteiger partial charge in [0.05, 0.1) is 0 Å². The van der Waals surface area contributed by atoms with Crippen LogP contribution in [0.3, 0.4) is 0 Å². The van der Waals surface area contributed by atoms with Gasteiger partial charge in [-0.15, -0.1) is 6.58 Å². The smallest absolute Gasteiger partial charge is 0.493 e. The molecule has 0 radical (unpaired) electrons. The number of sulfone groups is 1. The monoisotopic (exact) mass is 356 g/mol. The first-order valence-electron chi connectivity index (χ1n) is 6.49. The average molecular weight is 356 g/mol. The highest BCUT2D eigenvalue weighted by atomic mass is 32.2. The molecule has 1 aromatic heterocycles. The van der Waals surface area contributed by atoms with Crippen molar-refractivity contribution in [3.8, 4) is 5.88 Å². The Labute approximate surface area is 129 Å². The van der Waals surface area contributed by atoms with Gasteiger partial charge in [0.2, 0.25) is 10.8 Å². The van der Waals surface area contributed by atoms with Crippen molar-refractivity contribution in [2.24, 2.45) is 0 Å². The van der Waals surface area contributed by atoms with Crippen LogP contribution in [0, 0.1) is 0 Å². The van der Waals surface area contributed by atoms with Gasteiger partial charge < -0.3 is 5.11 Å². The van der Waals surface area contributed by atoms with Crippen LogP contribution < -0.4 is 11.2 Å². The number of alkyl halides is 3. The maximum absolute atomic E-state index is 12.7. The fourth-order valence-corrected chi connectivity index (χ4v) is 2.74. The Morgan fingerprint density at radius 3 is 2.26 bits per heavy atom. The van der Waals surface area contributed by atoms with E-state index in [0.717, 1.165) is 6.08 Å². The van der Waals surface area contributed by atoms with Crippen LogP contribution in [0.15, 0.2) is 27.1 Å². The molecule has 1 rings (SSSR count). The lowest BCUT2D eigenvalue weighted by Gasteiger charge is -2.15. The molecule has 0 atom stereocenters. The minimum atomic E-state index is -6.12. The van der Waals surface area contributed by atoms with Crippen LogP contribution in [-0.2, 0) is 22.9 Å². The van der Waals surface area contributed by atoms with Crippen molar-refractivity contribution in [1.29, 1.82) is 0 Å². The summed E-state index contributed by atoms with van der Waals surface area (Å²) in [5.41, 5.74) is -8.64.